The molecule has 0 aliphatic carbocycles. The molecule has 0 radical (unpaired) electrons. The zero-order valence-electron chi connectivity index (χ0n) is 12.9. The molecule has 2 N–H and O–H groups in total. The molecule has 1 fully saturated rings. The van der Waals surface area contributed by atoms with E-state index in [2.05, 4.69) is 24.0 Å². The van der Waals surface area contributed by atoms with Crippen LogP contribution in [-0.4, -0.2) is 58.2 Å². The lowest BCUT2D eigenvalue weighted by Gasteiger charge is -2.28. The molecule has 1 aliphatic heterocycles. The minimum Gasteiger partial charge on any atom is -0.395 e. The number of nitrogen functional groups attached to an aromatic ring is 1. The van der Waals surface area contributed by atoms with Gasteiger partial charge in [0.2, 0.25) is 0 Å². The highest BCUT2D eigenvalue weighted by molar-refractivity contribution is 5.98. The summed E-state index contributed by atoms with van der Waals surface area (Å²) in [6, 6.07) is 0.189. The molecule has 1 atom stereocenters. The number of nitrogens with zero attached hydrogens (tertiary/aromatic N) is 4. The third-order valence-corrected chi connectivity index (χ3v) is 4.01. The van der Waals surface area contributed by atoms with E-state index < -0.39 is 0 Å². The lowest BCUT2D eigenvalue weighted by Crippen LogP contribution is -2.42. The van der Waals surface area contributed by atoms with Crippen molar-refractivity contribution in [2.75, 3.05) is 32.4 Å². The zero-order valence-corrected chi connectivity index (χ0v) is 12.9. The number of nitrogens with two attached hydrogens (primary N) is 1. The van der Waals surface area contributed by atoms with Gasteiger partial charge >= 0.3 is 0 Å². The van der Waals surface area contributed by atoms with Gasteiger partial charge in [-0.25, -0.2) is 0 Å². The third kappa shape index (κ3) is 2.65. The average molecular weight is 279 g/mol. The van der Waals surface area contributed by atoms with Gasteiger partial charge in [-0.1, -0.05) is 6.92 Å². The van der Waals surface area contributed by atoms with Crippen LogP contribution in [0.1, 0.15) is 36.5 Å². The number of amides is 1. The fraction of sp³-hybridized carbons (Fsp3) is 0.714. The van der Waals surface area contributed by atoms with Gasteiger partial charge in [0.05, 0.1) is 11.4 Å². The molecule has 6 nitrogen and oxygen atoms in total. The molecular formula is C14H25N5O. The first-order valence-electron chi connectivity index (χ1n) is 7.26. The summed E-state index contributed by atoms with van der Waals surface area (Å²) in [6.45, 7) is 6.78. The molecule has 1 saturated heterocycles. The lowest BCUT2D eigenvalue weighted by atomic mass is 10.2. The predicted molar refractivity (Wildman–Crippen MR) is 79.6 cm³/mol. The minimum absolute atomic E-state index is 0.000000000000000444. The number of anilines is 1. The normalized spacial score (nSPS) is 21.0. The summed E-state index contributed by atoms with van der Waals surface area (Å²) in [5.74, 6) is 0.000000000000000444. The lowest BCUT2D eigenvalue weighted by molar-refractivity contribution is 0.0686. The van der Waals surface area contributed by atoms with Crippen LogP contribution in [0.3, 0.4) is 0 Å². The van der Waals surface area contributed by atoms with Crippen molar-refractivity contribution in [1.29, 1.82) is 0 Å². The largest absolute Gasteiger partial charge is 0.395 e. The van der Waals surface area contributed by atoms with E-state index in [1.807, 2.05) is 11.8 Å². The second-order valence-corrected chi connectivity index (χ2v) is 5.65. The van der Waals surface area contributed by atoms with E-state index in [-0.39, 0.29) is 11.9 Å². The van der Waals surface area contributed by atoms with Crippen molar-refractivity contribution < 1.29 is 4.79 Å². The van der Waals surface area contributed by atoms with Crippen molar-refractivity contribution >= 4 is 11.6 Å². The molecule has 0 spiro atoms. The molecule has 20 heavy (non-hydrogen) atoms. The van der Waals surface area contributed by atoms with Gasteiger partial charge in [-0.3, -0.25) is 9.48 Å². The van der Waals surface area contributed by atoms with Crippen LogP contribution in [0.2, 0.25) is 0 Å². The van der Waals surface area contributed by atoms with Gasteiger partial charge in [0.15, 0.2) is 0 Å². The van der Waals surface area contributed by atoms with Crippen LogP contribution >= 0.6 is 0 Å². The highest BCUT2D eigenvalue weighted by atomic mass is 16.2. The molecule has 6 heteroatoms. The Morgan fingerprint density at radius 1 is 1.40 bits per heavy atom. The first-order chi connectivity index (χ1) is 9.45. The van der Waals surface area contributed by atoms with Gasteiger partial charge in [-0.2, -0.15) is 5.10 Å². The van der Waals surface area contributed by atoms with E-state index in [0.29, 0.717) is 11.4 Å². The van der Waals surface area contributed by atoms with Crippen LogP contribution < -0.4 is 5.73 Å². The van der Waals surface area contributed by atoms with E-state index in [4.69, 9.17) is 5.73 Å². The number of hydrogen-bond acceptors (Lipinski definition) is 4. The maximum Gasteiger partial charge on any atom is 0.274 e. The highest BCUT2D eigenvalue weighted by Gasteiger charge is 2.29. The summed E-state index contributed by atoms with van der Waals surface area (Å²) >= 11 is 0. The fourth-order valence-corrected chi connectivity index (χ4v) is 2.92. The summed E-state index contributed by atoms with van der Waals surface area (Å²) in [6.07, 6.45) is 1.73. The second kappa shape index (κ2) is 5.83. The average Bonchev–Trinajstić information content (AvgIpc) is 2.56. The zero-order chi connectivity index (χ0) is 14.9. The van der Waals surface area contributed by atoms with Gasteiger partial charge in [-0.05, 0) is 33.4 Å². The van der Waals surface area contributed by atoms with E-state index in [1.54, 1.807) is 11.7 Å². The van der Waals surface area contributed by atoms with Gasteiger partial charge in [-0.15, -0.1) is 0 Å². The molecular weight excluding hydrogens is 254 g/mol. The Bertz CT molecular complexity index is 496. The van der Waals surface area contributed by atoms with Gasteiger partial charge in [0.1, 0.15) is 5.69 Å². The highest BCUT2D eigenvalue weighted by Crippen LogP contribution is 2.21. The van der Waals surface area contributed by atoms with Crippen LogP contribution in [0.25, 0.3) is 0 Å². The topological polar surface area (TPSA) is 67.4 Å². The number of aryl methyl sites for hydroxylation is 2. The minimum atomic E-state index is 0.000000000000000444. The van der Waals surface area contributed by atoms with E-state index in [0.717, 1.165) is 38.2 Å². The number of likely N-dealkylation sites (N-methyl/N-ethyl adjacent to an activating group) is 1. The molecule has 1 amide bonds. The molecule has 112 valence electrons. The van der Waals surface area contributed by atoms with Crippen molar-refractivity contribution in [1.82, 2.24) is 19.6 Å². The van der Waals surface area contributed by atoms with Crippen LogP contribution in [-0.2, 0) is 13.5 Å². The van der Waals surface area contributed by atoms with Gasteiger partial charge < -0.3 is 15.5 Å². The maximum absolute atomic E-state index is 12.8. The predicted octanol–water partition coefficient (Wildman–Crippen LogP) is 0.731. The molecule has 2 rings (SSSR count). The smallest absolute Gasteiger partial charge is 0.274 e. The first kappa shape index (κ1) is 14.8. The Kier molecular flexibility index (Phi) is 4.32. The summed E-state index contributed by atoms with van der Waals surface area (Å²) < 4.78 is 1.62. The number of hydrogen-bond donors (Lipinski definition) is 1. The molecule has 2 heterocycles. The van der Waals surface area contributed by atoms with Crippen LogP contribution in [0.5, 0.6) is 0 Å². The summed E-state index contributed by atoms with van der Waals surface area (Å²) in [4.78, 5) is 17.0. The molecule has 0 aromatic carbocycles. The number of carbonyl (C=O) groups excluding carboxylic acids is 1. The Morgan fingerprint density at radius 3 is 2.70 bits per heavy atom. The Labute approximate surface area is 120 Å². The van der Waals surface area contributed by atoms with E-state index in [1.165, 1.54) is 0 Å². The monoisotopic (exact) mass is 279 g/mol. The maximum atomic E-state index is 12.8. The SMILES string of the molecule is CCc1nn(C)c(C(=O)N2CCCN(C)CC2C)c1N. The fourth-order valence-electron chi connectivity index (χ4n) is 2.92. The van der Waals surface area contributed by atoms with E-state index in [9.17, 15) is 4.79 Å². The first-order valence-corrected chi connectivity index (χ1v) is 7.26. The summed E-state index contributed by atoms with van der Waals surface area (Å²) in [5.41, 5.74) is 7.95. The van der Waals surface area contributed by atoms with Crippen molar-refractivity contribution in [2.45, 2.75) is 32.7 Å². The molecule has 1 aromatic rings. The van der Waals surface area contributed by atoms with Crippen molar-refractivity contribution in [3.05, 3.63) is 11.4 Å². The van der Waals surface area contributed by atoms with Crippen LogP contribution in [0.15, 0.2) is 0 Å². The summed E-state index contributed by atoms with van der Waals surface area (Å²) in [5, 5.41) is 4.34. The van der Waals surface area contributed by atoms with Crippen molar-refractivity contribution in [3.63, 3.8) is 0 Å². The molecule has 0 bridgehead atoms. The number of rotatable bonds is 2. The van der Waals surface area contributed by atoms with Crippen molar-refractivity contribution in [3.8, 4) is 0 Å². The van der Waals surface area contributed by atoms with Crippen LogP contribution in [0, 0.1) is 0 Å². The van der Waals surface area contributed by atoms with Crippen molar-refractivity contribution in [2.24, 2.45) is 7.05 Å². The summed E-state index contributed by atoms with van der Waals surface area (Å²) in [7, 11) is 3.88. The second-order valence-electron chi connectivity index (χ2n) is 5.65. The van der Waals surface area contributed by atoms with Gasteiger partial charge in [0, 0.05) is 26.2 Å². The Morgan fingerprint density at radius 2 is 2.10 bits per heavy atom. The molecule has 1 aromatic heterocycles. The van der Waals surface area contributed by atoms with Gasteiger partial charge in [0.25, 0.3) is 5.91 Å². The molecule has 0 saturated carbocycles. The molecule has 1 aliphatic rings. The standard InChI is InChI=1S/C14H25N5O/c1-5-11-12(15)13(18(4)16-11)14(20)19-8-6-7-17(3)9-10(19)2/h10H,5-9,15H2,1-4H3. The van der Waals surface area contributed by atoms with Crippen LogP contribution in [0.4, 0.5) is 5.69 Å². The quantitative estimate of drug-likeness (QED) is 0.866. The Balaban J connectivity index is 2.28. The van der Waals surface area contributed by atoms with E-state index >= 15 is 0 Å². The number of carbonyl (C=O) groups is 1. The Hall–Kier alpha value is -1.56. The molecule has 1 unspecified atom stereocenters. The third-order valence-electron chi connectivity index (χ3n) is 4.01. The number of aromatic nitrogens is 2.